The monoisotopic (exact) mass is 347 g/mol. The van der Waals surface area contributed by atoms with Crippen LogP contribution in [0.2, 0.25) is 0 Å². The first kappa shape index (κ1) is 16.6. The summed E-state index contributed by atoms with van der Waals surface area (Å²) in [5, 5.41) is 0. The van der Waals surface area contributed by atoms with Gasteiger partial charge < -0.3 is 4.90 Å². The van der Waals surface area contributed by atoms with Gasteiger partial charge in [-0.05, 0) is 36.2 Å². The highest BCUT2D eigenvalue weighted by molar-refractivity contribution is 7.91. The molecule has 0 radical (unpaired) electrons. The molecule has 1 aliphatic heterocycles. The standard InChI is InChI=1S/C18H18FNO3S/c19-16-8-6-15(7-9-16)18(21)20(12-14-4-2-1-3-5-14)17-10-11-24(22,23)13-17/h1-9,17H,10-13H2/t17-/m0/s1. The SMILES string of the molecule is O=C(c1ccc(F)cc1)N(Cc1ccccc1)[C@H]1CCS(=O)(=O)C1. The Labute approximate surface area is 140 Å². The molecule has 0 spiro atoms. The van der Waals surface area contributed by atoms with E-state index in [9.17, 15) is 17.6 Å². The highest BCUT2D eigenvalue weighted by Gasteiger charge is 2.35. The summed E-state index contributed by atoms with van der Waals surface area (Å²) in [5.74, 6) is -0.613. The molecule has 3 rings (SSSR count). The van der Waals surface area contributed by atoms with Gasteiger partial charge in [-0.3, -0.25) is 4.79 Å². The maximum atomic E-state index is 13.1. The van der Waals surface area contributed by atoms with Crippen LogP contribution in [-0.4, -0.2) is 36.8 Å². The van der Waals surface area contributed by atoms with E-state index >= 15 is 0 Å². The van der Waals surface area contributed by atoms with Gasteiger partial charge in [0.2, 0.25) is 0 Å². The van der Waals surface area contributed by atoms with Crippen molar-refractivity contribution < 1.29 is 17.6 Å². The van der Waals surface area contributed by atoms with Crippen LogP contribution in [0.5, 0.6) is 0 Å². The van der Waals surface area contributed by atoms with Crippen molar-refractivity contribution in [2.24, 2.45) is 0 Å². The zero-order valence-corrected chi connectivity index (χ0v) is 13.9. The predicted molar refractivity (Wildman–Crippen MR) is 89.8 cm³/mol. The molecule has 1 saturated heterocycles. The van der Waals surface area contributed by atoms with Gasteiger partial charge >= 0.3 is 0 Å². The predicted octanol–water partition coefficient (Wildman–Crippen LogP) is 2.66. The minimum absolute atomic E-state index is 0.0211. The molecule has 1 aliphatic rings. The van der Waals surface area contributed by atoms with E-state index in [1.54, 1.807) is 4.90 Å². The third kappa shape index (κ3) is 3.82. The van der Waals surface area contributed by atoms with Gasteiger partial charge in [-0.25, -0.2) is 12.8 Å². The zero-order valence-electron chi connectivity index (χ0n) is 13.1. The molecule has 1 atom stereocenters. The fourth-order valence-corrected chi connectivity index (χ4v) is 4.66. The molecule has 126 valence electrons. The Kier molecular flexibility index (Phi) is 4.66. The molecule has 0 aliphatic carbocycles. The van der Waals surface area contributed by atoms with Gasteiger partial charge in [-0.15, -0.1) is 0 Å². The van der Waals surface area contributed by atoms with Gasteiger partial charge in [0.25, 0.3) is 5.91 Å². The number of carbonyl (C=O) groups is 1. The average Bonchev–Trinajstić information content (AvgIpc) is 2.93. The Morgan fingerprint density at radius 2 is 1.75 bits per heavy atom. The Morgan fingerprint density at radius 3 is 2.33 bits per heavy atom. The molecule has 0 unspecified atom stereocenters. The summed E-state index contributed by atoms with van der Waals surface area (Å²) < 4.78 is 36.7. The molecule has 1 amide bonds. The molecule has 0 saturated carbocycles. The lowest BCUT2D eigenvalue weighted by molar-refractivity contribution is 0.0681. The quantitative estimate of drug-likeness (QED) is 0.854. The molecule has 24 heavy (non-hydrogen) atoms. The second-order valence-corrected chi connectivity index (χ2v) is 8.21. The zero-order chi connectivity index (χ0) is 17.2. The van der Waals surface area contributed by atoms with Crippen molar-refractivity contribution in [3.8, 4) is 0 Å². The highest BCUT2D eigenvalue weighted by Crippen LogP contribution is 2.22. The summed E-state index contributed by atoms with van der Waals surface area (Å²) in [4.78, 5) is 14.5. The number of hydrogen-bond acceptors (Lipinski definition) is 3. The topological polar surface area (TPSA) is 54.5 Å². The Hall–Kier alpha value is -2.21. The van der Waals surface area contributed by atoms with Crippen LogP contribution in [0.25, 0.3) is 0 Å². The summed E-state index contributed by atoms with van der Waals surface area (Å²) in [6, 6.07) is 14.4. The average molecular weight is 347 g/mol. The highest BCUT2D eigenvalue weighted by atomic mass is 32.2. The Morgan fingerprint density at radius 1 is 1.08 bits per heavy atom. The number of rotatable bonds is 4. The van der Waals surface area contributed by atoms with Gasteiger partial charge in [0.1, 0.15) is 5.82 Å². The van der Waals surface area contributed by atoms with Crippen LogP contribution in [0, 0.1) is 5.82 Å². The van der Waals surface area contributed by atoms with E-state index in [2.05, 4.69) is 0 Å². The van der Waals surface area contributed by atoms with Crippen molar-refractivity contribution in [3.05, 3.63) is 71.5 Å². The first-order chi connectivity index (χ1) is 11.4. The molecule has 2 aromatic rings. The van der Waals surface area contributed by atoms with Crippen molar-refractivity contribution in [2.45, 2.75) is 19.0 Å². The minimum Gasteiger partial charge on any atom is -0.330 e. The molecule has 1 fully saturated rings. The summed E-state index contributed by atoms with van der Waals surface area (Å²) >= 11 is 0. The molecule has 0 bridgehead atoms. The summed E-state index contributed by atoms with van der Waals surface area (Å²) in [7, 11) is -3.11. The number of sulfone groups is 1. The number of benzene rings is 2. The van der Waals surface area contributed by atoms with E-state index in [1.165, 1.54) is 24.3 Å². The van der Waals surface area contributed by atoms with Gasteiger partial charge in [-0.1, -0.05) is 30.3 Å². The summed E-state index contributed by atoms with van der Waals surface area (Å²) in [6.07, 6.45) is 0.433. The van der Waals surface area contributed by atoms with Crippen molar-refractivity contribution in [1.29, 1.82) is 0 Å². The third-order valence-corrected chi connectivity index (χ3v) is 5.95. The summed E-state index contributed by atoms with van der Waals surface area (Å²) in [5.41, 5.74) is 1.29. The van der Waals surface area contributed by atoms with Gasteiger partial charge in [0.05, 0.1) is 11.5 Å². The van der Waals surface area contributed by atoms with Crippen molar-refractivity contribution in [1.82, 2.24) is 4.90 Å². The van der Waals surface area contributed by atoms with E-state index in [0.29, 0.717) is 18.5 Å². The van der Waals surface area contributed by atoms with E-state index < -0.39 is 15.7 Å². The maximum absolute atomic E-state index is 13.1. The third-order valence-electron chi connectivity index (χ3n) is 4.20. The van der Waals surface area contributed by atoms with E-state index in [0.717, 1.165) is 5.56 Å². The number of nitrogens with zero attached hydrogens (tertiary/aromatic N) is 1. The van der Waals surface area contributed by atoms with E-state index in [-0.39, 0.29) is 23.5 Å². The first-order valence-electron chi connectivity index (χ1n) is 7.75. The second-order valence-electron chi connectivity index (χ2n) is 5.98. The smallest absolute Gasteiger partial charge is 0.254 e. The summed E-state index contributed by atoms with van der Waals surface area (Å²) in [6.45, 7) is 0.331. The fraction of sp³-hybridized carbons (Fsp3) is 0.278. The van der Waals surface area contributed by atoms with Gasteiger partial charge in [-0.2, -0.15) is 0 Å². The molecule has 0 N–H and O–H groups in total. The van der Waals surface area contributed by atoms with Crippen LogP contribution in [0.3, 0.4) is 0 Å². The van der Waals surface area contributed by atoms with Crippen LogP contribution in [0.15, 0.2) is 54.6 Å². The van der Waals surface area contributed by atoms with Crippen LogP contribution < -0.4 is 0 Å². The van der Waals surface area contributed by atoms with Gasteiger partial charge in [0.15, 0.2) is 9.84 Å². The lowest BCUT2D eigenvalue weighted by atomic mass is 10.1. The molecular formula is C18H18FNO3S. The normalized spacial score (nSPS) is 19.1. The Balaban J connectivity index is 1.89. The fourth-order valence-electron chi connectivity index (χ4n) is 2.93. The van der Waals surface area contributed by atoms with Gasteiger partial charge in [0, 0.05) is 18.2 Å². The molecule has 6 heteroatoms. The van der Waals surface area contributed by atoms with Crippen LogP contribution in [-0.2, 0) is 16.4 Å². The molecule has 4 nitrogen and oxygen atoms in total. The van der Waals surface area contributed by atoms with E-state index in [1.807, 2.05) is 30.3 Å². The van der Waals surface area contributed by atoms with Crippen molar-refractivity contribution in [3.63, 3.8) is 0 Å². The number of hydrogen-bond donors (Lipinski definition) is 0. The lowest BCUT2D eigenvalue weighted by Gasteiger charge is -2.28. The van der Waals surface area contributed by atoms with Crippen molar-refractivity contribution in [2.75, 3.05) is 11.5 Å². The van der Waals surface area contributed by atoms with Crippen LogP contribution in [0.1, 0.15) is 22.3 Å². The Bertz CT molecular complexity index is 819. The number of halogens is 1. The molecule has 1 heterocycles. The molecule has 0 aromatic heterocycles. The molecular weight excluding hydrogens is 329 g/mol. The van der Waals surface area contributed by atoms with Crippen LogP contribution >= 0.6 is 0 Å². The molecule has 2 aromatic carbocycles. The van der Waals surface area contributed by atoms with Crippen molar-refractivity contribution >= 4 is 15.7 Å². The first-order valence-corrected chi connectivity index (χ1v) is 9.58. The maximum Gasteiger partial charge on any atom is 0.254 e. The minimum atomic E-state index is -3.11. The van der Waals surface area contributed by atoms with E-state index in [4.69, 9.17) is 0 Å². The largest absolute Gasteiger partial charge is 0.330 e. The number of carbonyl (C=O) groups excluding carboxylic acids is 1. The lowest BCUT2D eigenvalue weighted by Crippen LogP contribution is -2.40. The second kappa shape index (κ2) is 6.73. The van der Waals surface area contributed by atoms with Crippen LogP contribution in [0.4, 0.5) is 4.39 Å². The number of amides is 1.